The van der Waals surface area contributed by atoms with Crippen LogP contribution in [0.3, 0.4) is 0 Å². The van der Waals surface area contributed by atoms with Crippen LogP contribution in [0.5, 0.6) is 0 Å². The molecule has 100 valence electrons. The molecule has 0 spiro atoms. The van der Waals surface area contributed by atoms with Crippen molar-refractivity contribution in [2.45, 2.75) is 43.8 Å². The van der Waals surface area contributed by atoms with E-state index in [1.807, 2.05) is 0 Å². The molecule has 0 saturated heterocycles. The van der Waals surface area contributed by atoms with Crippen molar-refractivity contribution in [1.82, 2.24) is 0 Å². The molecule has 2 atom stereocenters. The average molecular weight is 262 g/mol. The smallest absolute Gasteiger partial charge is 0.150 e. The molecular weight excluding hydrogens is 240 g/mol. The van der Waals surface area contributed by atoms with Gasteiger partial charge in [0.2, 0.25) is 0 Å². The Kier molecular flexibility index (Phi) is 5.59. The van der Waals surface area contributed by atoms with Gasteiger partial charge in [0.15, 0.2) is 0 Å². The number of carbonyl (C=O) groups is 1. The average Bonchev–Trinajstić information content (AvgIpc) is 2.28. The highest BCUT2D eigenvalue weighted by Crippen LogP contribution is 2.29. The summed E-state index contributed by atoms with van der Waals surface area (Å²) in [5.74, 6) is 0.149. The predicted octanol–water partition coefficient (Wildman–Crippen LogP) is 1.59. The molecule has 0 bridgehead atoms. The minimum atomic E-state index is -2.99. The van der Waals surface area contributed by atoms with Crippen molar-refractivity contribution in [3.8, 4) is 0 Å². The largest absolute Gasteiger partial charge is 0.385 e. The van der Waals surface area contributed by atoms with Crippen LogP contribution in [0.2, 0.25) is 0 Å². The van der Waals surface area contributed by atoms with E-state index in [1.165, 1.54) is 6.26 Å². The molecule has 1 aliphatic rings. The summed E-state index contributed by atoms with van der Waals surface area (Å²) in [5.41, 5.74) is 0. The van der Waals surface area contributed by atoms with E-state index >= 15 is 0 Å². The van der Waals surface area contributed by atoms with Crippen molar-refractivity contribution < 1.29 is 17.9 Å². The molecular formula is C12H22O4S. The maximum atomic E-state index is 11.9. The zero-order chi connectivity index (χ0) is 12.9. The topological polar surface area (TPSA) is 60.4 Å². The first-order valence-corrected chi connectivity index (χ1v) is 8.11. The summed E-state index contributed by atoms with van der Waals surface area (Å²) in [6.45, 7) is 0.591. The van der Waals surface area contributed by atoms with Gasteiger partial charge in [0.05, 0.1) is 5.25 Å². The molecule has 0 N–H and O–H groups in total. The van der Waals surface area contributed by atoms with Gasteiger partial charge < -0.3 is 4.74 Å². The highest BCUT2D eigenvalue weighted by molar-refractivity contribution is 7.91. The third-order valence-electron chi connectivity index (χ3n) is 3.46. The van der Waals surface area contributed by atoms with Gasteiger partial charge in [0, 0.05) is 32.3 Å². The van der Waals surface area contributed by atoms with Crippen LogP contribution in [-0.4, -0.2) is 39.4 Å². The van der Waals surface area contributed by atoms with Crippen LogP contribution in [0, 0.1) is 5.92 Å². The summed E-state index contributed by atoms with van der Waals surface area (Å²) in [7, 11) is -1.38. The van der Waals surface area contributed by atoms with Gasteiger partial charge in [-0.25, -0.2) is 8.42 Å². The second-order valence-corrected chi connectivity index (χ2v) is 7.20. The number of Topliss-reactive ketones (excluding diaryl/α,β-unsaturated/α-hetero) is 1. The first-order chi connectivity index (χ1) is 7.95. The summed E-state index contributed by atoms with van der Waals surface area (Å²) >= 11 is 0. The van der Waals surface area contributed by atoms with Gasteiger partial charge in [0.25, 0.3) is 0 Å². The first-order valence-electron chi connectivity index (χ1n) is 6.15. The predicted molar refractivity (Wildman–Crippen MR) is 66.7 cm³/mol. The first kappa shape index (κ1) is 14.6. The lowest BCUT2D eigenvalue weighted by Gasteiger charge is -2.27. The Morgan fingerprint density at radius 2 is 2.06 bits per heavy atom. The number of ketones is 1. The van der Waals surface area contributed by atoms with E-state index in [4.69, 9.17) is 4.74 Å². The highest BCUT2D eigenvalue weighted by Gasteiger charge is 2.31. The van der Waals surface area contributed by atoms with Crippen LogP contribution in [0.4, 0.5) is 0 Å². The van der Waals surface area contributed by atoms with Crippen molar-refractivity contribution in [2.24, 2.45) is 5.92 Å². The Balaban J connectivity index is 2.46. The van der Waals surface area contributed by atoms with Crippen LogP contribution < -0.4 is 0 Å². The maximum Gasteiger partial charge on any atom is 0.150 e. The molecule has 0 aliphatic heterocycles. The number of ether oxygens (including phenoxy) is 1. The zero-order valence-corrected chi connectivity index (χ0v) is 11.5. The summed E-state index contributed by atoms with van der Waals surface area (Å²) in [6, 6.07) is 0. The van der Waals surface area contributed by atoms with E-state index in [1.54, 1.807) is 7.11 Å². The second-order valence-electron chi connectivity index (χ2n) is 4.88. The van der Waals surface area contributed by atoms with Crippen LogP contribution in [0.25, 0.3) is 0 Å². The Morgan fingerprint density at radius 1 is 1.35 bits per heavy atom. The molecule has 0 aromatic carbocycles. The van der Waals surface area contributed by atoms with E-state index in [2.05, 4.69) is 0 Å². The van der Waals surface area contributed by atoms with Gasteiger partial charge >= 0.3 is 0 Å². The molecule has 5 heteroatoms. The number of sulfone groups is 1. The Hall–Kier alpha value is -0.420. The lowest BCUT2D eigenvalue weighted by atomic mass is 9.84. The van der Waals surface area contributed by atoms with Gasteiger partial charge in [-0.3, -0.25) is 4.79 Å². The zero-order valence-electron chi connectivity index (χ0n) is 10.6. The molecule has 1 rings (SSSR count). The fourth-order valence-corrected chi connectivity index (χ4v) is 3.60. The fraction of sp³-hybridized carbons (Fsp3) is 0.917. The highest BCUT2D eigenvalue weighted by atomic mass is 32.2. The van der Waals surface area contributed by atoms with Crippen molar-refractivity contribution in [2.75, 3.05) is 20.0 Å². The fourth-order valence-electron chi connectivity index (χ4n) is 2.42. The Morgan fingerprint density at radius 3 is 2.65 bits per heavy atom. The monoisotopic (exact) mass is 262 g/mol. The summed E-state index contributed by atoms with van der Waals surface area (Å²) in [5, 5.41) is -0.312. The third kappa shape index (κ3) is 4.76. The van der Waals surface area contributed by atoms with E-state index in [0.29, 0.717) is 25.9 Å². The summed E-state index contributed by atoms with van der Waals surface area (Å²) in [4.78, 5) is 11.9. The maximum absolute atomic E-state index is 11.9. The van der Waals surface area contributed by atoms with E-state index in [9.17, 15) is 13.2 Å². The van der Waals surface area contributed by atoms with Crippen molar-refractivity contribution in [3.63, 3.8) is 0 Å². The van der Waals surface area contributed by atoms with Crippen molar-refractivity contribution >= 4 is 15.6 Å². The van der Waals surface area contributed by atoms with Crippen molar-refractivity contribution in [3.05, 3.63) is 0 Å². The molecule has 0 aromatic rings. The molecule has 1 aliphatic carbocycles. The molecule has 1 saturated carbocycles. The van der Waals surface area contributed by atoms with Crippen LogP contribution in [0.15, 0.2) is 0 Å². The number of methoxy groups -OCH3 is 1. The molecule has 4 nitrogen and oxygen atoms in total. The number of carbonyl (C=O) groups excluding carboxylic acids is 1. The standard InChI is InChI=1S/C12H22O4S/c1-16-8-4-7-12(13)10-5-3-6-11(9-10)17(2,14)15/h10-11H,3-9H2,1-2H3. The molecule has 0 heterocycles. The minimum Gasteiger partial charge on any atom is -0.385 e. The van der Waals surface area contributed by atoms with Crippen LogP contribution in [0.1, 0.15) is 38.5 Å². The molecule has 17 heavy (non-hydrogen) atoms. The van der Waals surface area contributed by atoms with Crippen LogP contribution >= 0.6 is 0 Å². The number of rotatable bonds is 6. The van der Waals surface area contributed by atoms with Crippen molar-refractivity contribution in [1.29, 1.82) is 0 Å². The van der Waals surface area contributed by atoms with Gasteiger partial charge in [-0.1, -0.05) is 6.42 Å². The molecule has 1 fully saturated rings. The SMILES string of the molecule is COCCCC(=O)C1CCCC(S(C)(=O)=O)C1. The van der Waals surface area contributed by atoms with Gasteiger partial charge in [0.1, 0.15) is 15.6 Å². The summed E-state index contributed by atoms with van der Waals surface area (Å²) < 4.78 is 27.9. The van der Waals surface area contributed by atoms with E-state index in [0.717, 1.165) is 19.3 Å². The van der Waals surface area contributed by atoms with Crippen LogP contribution in [-0.2, 0) is 19.4 Å². The lowest BCUT2D eigenvalue weighted by molar-refractivity contribution is -0.124. The van der Waals surface area contributed by atoms with E-state index in [-0.39, 0.29) is 17.0 Å². The minimum absolute atomic E-state index is 0.0552. The Labute approximate surface area is 104 Å². The van der Waals surface area contributed by atoms with Gasteiger partial charge in [-0.15, -0.1) is 0 Å². The molecule has 0 aromatic heterocycles. The second kappa shape index (κ2) is 6.50. The van der Waals surface area contributed by atoms with Gasteiger partial charge in [-0.05, 0) is 25.7 Å². The molecule has 0 amide bonds. The van der Waals surface area contributed by atoms with Gasteiger partial charge in [-0.2, -0.15) is 0 Å². The summed E-state index contributed by atoms with van der Waals surface area (Å²) in [6.07, 6.45) is 5.43. The molecule has 2 unspecified atom stereocenters. The molecule has 0 radical (unpaired) electrons. The normalized spacial score (nSPS) is 25.8. The number of hydrogen-bond donors (Lipinski definition) is 0. The van der Waals surface area contributed by atoms with E-state index < -0.39 is 9.84 Å². The number of hydrogen-bond acceptors (Lipinski definition) is 4. The quantitative estimate of drug-likeness (QED) is 0.682. The third-order valence-corrected chi connectivity index (χ3v) is 5.10. The lowest BCUT2D eigenvalue weighted by Crippen LogP contribution is -2.31. The Bertz CT molecular complexity index is 348.